The van der Waals surface area contributed by atoms with Crippen LogP contribution in [0.1, 0.15) is 50.0 Å². The second kappa shape index (κ2) is 7.97. The average Bonchev–Trinajstić information content (AvgIpc) is 3.28. The van der Waals surface area contributed by atoms with Crippen molar-refractivity contribution in [3.63, 3.8) is 0 Å². The Hall–Kier alpha value is -2.32. The minimum absolute atomic E-state index is 0.0788. The Kier molecular flexibility index (Phi) is 5.41. The van der Waals surface area contributed by atoms with Gasteiger partial charge in [0.25, 0.3) is 0 Å². The molecule has 152 valence electrons. The fourth-order valence-electron chi connectivity index (χ4n) is 4.58. The maximum Gasteiger partial charge on any atom is 0.319 e. The van der Waals surface area contributed by atoms with E-state index in [1.807, 2.05) is 6.07 Å². The van der Waals surface area contributed by atoms with Gasteiger partial charge in [-0.2, -0.15) is 0 Å². The fourth-order valence-corrected chi connectivity index (χ4v) is 4.58. The van der Waals surface area contributed by atoms with Gasteiger partial charge in [-0.15, -0.1) is 0 Å². The molecule has 0 radical (unpaired) electrons. The van der Waals surface area contributed by atoms with Crippen LogP contribution < -0.4 is 15.4 Å². The number of carboxylic acid groups (broad SMARTS) is 1. The number of rotatable bonds is 5. The van der Waals surface area contributed by atoms with Crippen molar-refractivity contribution in [1.29, 1.82) is 0 Å². The predicted octanol–water partition coefficient (Wildman–Crippen LogP) is 2.22. The largest absolute Gasteiger partial charge is 0.487 e. The molecule has 1 aliphatic carbocycles. The molecule has 1 saturated heterocycles. The summed E-state index contributed by atoms with van der Waals surface area (Å²) in [6.45, 7) is -0.236. The number of hydrogen-bond donors (Lipinski definition) is 4. The van der Waals surface area contributed by atoms with Crippen LogP contribution in [0.3, 0.4) is 0 Å². The number of carboxylic acids is 1. The van der Waals surface area contributed by atoms with Crippen LogP contribution in [-0.2, 0) is 9.53 Å². The molecule has 2 amide bonds. The highest BCUT2D eigenvalue weighted by molar-refractivity contribution is 5.89. The van der Waals surface area contributed by atoms with Crippen LogP contribution >= 0.6 is 0 Å². The molecular weight excluding hydrogens is 364 g/mol. The Balaban J connectivity index is 1.48. The Labute approximate surface area is 163 Å². The van der Waals surface area contributed by atoms with Gasteiger partial charge in [-0.05, 0) is 37.5 Å². The van der Waals surface area contributed by atoms with Crippen LogP contribution in [-0.4, -0.2) is 53.2 Å². The van der Waals surface area contributed by atoms with Gasteiger partial charge in [0.2, 0.25) is 0 Å². The van der Waals surface area contributed by atoms with Gasteiger partial charge in [-0.3, -0.25) is 4.79 Å². The van der Waals surface area contributed by atoms with Gasteiger partial charge in [0.1, 0.15) is 18.0 Å². The lowest BCUT2D eigenvalue weighted by molar-refractivity contribution is -0.153. The van der Waals surface area contributed by atoms with E-state index in [2.05, 4.69) is 10.6 Å². The van der Waals surface area contributed by atoms with Gasteiger partial charge in [-0.25, -0.2) is 4.79 Å². The van der Waals surface area contributed by atoms with Crippen molar-refractivity contribution in [2.45, 2.75) is 68.8 Å². The topological polar surface area (TPSA) is 117 Å². The Morgan fingerprint density at radius 3 is 2.71 bits per heavy atom. The number of aliphatic hydroxyl groups excluding tert-OH is 1. The maximum atomic E-state index is 12.3. The Morgan fingerprint density at radius 1 is 1.21 bits per heavy atom. The summed E-state index contributed by atoms with van der Waals surface area (Å²) >= 11 is 0. The van der Waals surface area contributed by atoms with E-state index in [0.29, 0.717) is 17.9 Å². The van der Waals surface area contributed by atoms with Crippen molar-refractivity contribution in [2.75, 3.05) is 11.9 Å². The van der Waals surface area contributed by atoms with Crippen LogP contribution in [0.5, 0.6) is 5.75 Å². The number of anilines is 1. The van der Waals surface area contributed by atoms with E-state index < -0.39 is 18.2 Å². The van der Waals surface area contributed by atoms with Gasteiger partial charge in [0, 0.05) is 23.2 Å². The average molecular weight is 390 g/mol. The molecule has 0 aromatic heterocycles. The standard InChI is InChI=1S/C20H26N2O6/c23-10-17-19-15(8-13(27-17)9-18(24)25)14-7-12(5-6-16(14)28-19)22-20(26)21-11-3-1-2-4-11/h5-7,11,13,15,17,19,23H,1-4,8-10H2,(H,24,25)(H2,21,22,26)/t13-,15+,17+,19-/m0/s1. The van der Waals surface area contributed by atoms with Crippen molar-refractivity contribution >= 4 is 17.7 Å². The minimum atomic E-state index is -0.932. The Morgan fingerprint density at radius 2 is 2.00 bits per heavy atom. The van der Waals surface area contributed by atoms with Crippen LogP contribution in [0.15, 0.2) is 18.2 Å². The SMILES string of the molecule is O=C(O)C[C@@H]1C[C@@H]2c3cc(NC(=O)NC4CCCC4)ccc3O[C@@H]2[C@@H](CO)O1. The number of carbonyl (C=O) groups is 2. The number of aliphatic hydroxyl groups is 1. The molecule has 4 atom stereocenters. The molecule has 0 spiro atoms. The van der Waals surface area contributed by atoms with E-state index in [9.17, 15) is 14.7 Å². The van der Waals surface area contributed by atoms with E-state index >= 15 is 0 Å². The number of hydrogen-bond acceptors (Lipinski definition) is 5. The van der Waals surface area contributed by atoms with Crippen molar-refractivity contribution in [1.82, 2.24) is 5.32 Å². The van der Waals surface area contributed by atoms with Crippen molar-refractivity contribution < 1.29 is 29.3 Å². The van der Waals surface area contributed by atoms with E-state index in [4.69, 9.17) is 14.6 Å². The first-order valence-electron chi connectivity index (χ1n) is 9.89. The number of ether oxygens (including phenoxy) is 2. The fraction of sp³-hybridized carbons (Fsp3) is 0.600. The second-order valence-electron chi connectivity index (χ2n) is 7.83. The molecule has 4 N–H and O–H groups in total. The summed E-state index contributed by atoms with van der Waals surface area (Å²) < 4.78 is 11.7. The molecule has 1 aromatic carbocycles. The lowest BCUT2D eigenvalue weighted by Gasteiger charge is -2.36. The van der Waals surface area contributed by atoms with Crippen LogP contribution in [0.4, 0.5) is 10.5 Å². The normalized spacial score (nSPS) is 28.9. The molecule has 0 unspecified atom stereocenters. The third kappa shape index (κ3) is 3.93. The molecule has 4 rings (SSSR count). The molecule has 28 heavy (non-hydrogen) atoms. The van der Waals surface area contributed by atoms with E-state index in [0.717, 1.165) is 31.2 Å². The molecule has 0 bridgehead atoms. The molecule has 3 aliphatic rings. The van der Waals surface area contributed by atoms with Gasteiger partial charge < -0.3 is 30.3 Å². The number of carbonyl (C=O) groups excluding carboxylic acids is 1. The summed E-state index contributed by atoms with van der Waals surface area (Å²) in [6.07, 6.45) is 3.31. The molecule has 8 heteroatoms. The van der Waals surface area contributed by atoms with Crippen molar-refractivity contribution in [3.8, 4) is 5.75 Å². The third-order valence-corrected chi connectivity index (χ3v) is 5.85. The van der Waals surface area contributed by atoms with Gasteiger partial charge in [0.15, 0.2) is 0 Å². The summed E-state index contributed by atoms with van der Waals surface area (Å²) in [5.41, 5.74) is 1.58. The summed E-state index contributed by atoms with van der Waals surface area (Å²) in [7, 11) is 0. The monoisotopic (exact) mass is 390 g/mol. The predicted molar refractivity (Wildman–Crippen MR) is 101 cm³/mol. The number of aliphatic carboxylic acids is 1. The first kappa shape index (κ1) is 19.0. The number of nitrogens with one attached hydrogen (secondary N) is 2. The first-order chi connectivity index (χ1) is 13.5. The zero-order chi connectivity index (χ0) is 19.7. The van der Waals surface area contributed by atoms with Gasteiger partial charge in [-0.1, -0.05) is 12.8 Å². The zero-order valence-electron chi connectivity index (χ0n) is 15.6. The van der Waals surface area contributed by atoms with Gasteiger partial charge >= 0.3 is 12.0 Å². The van der Waals surface area contributed by atoms with E-state index in [-0.39, 0.29) is 37.1 Å². The highest BCUT2D eigenvalue weighted by atomic mass is 16.6. The van der Waals surface area contributed by atoms with Gasteiger partial charge in [0.05, 0.1) is 19.1 Å². The summed E-state index contributed by atoms with van der Waals surface area (Å²) in [6, 6.07) is 5.49. The Bertz CT molecular complexity index is 748. The van der Waals surface area contributed by atoms with Crippen molar-refractivity contribution in [3.05, 3.63) is 23.8 Å². The summed E-state index contributed by atoms with van der Waals surface area (Å²) in [5.74, 6) is -0.321. The smallest absolute Gasteiger partial charge is 0.319 e. The molecular formula is C20H26N2O6. The number of benzene rings is 1. The van der Waals surface area contributed by atoms with Crippen LogP contribution in [0, 0.1) is 0 Å². The number of fused-ring (bicyclic) bond motifs is 3. The molecule has 1 saturated carbocycles. The number of urea groups is 1. The highest BCUT2D eigenvalue weighted by Gasteiger charge is 2.46. The van der Waals surface area contributed by atoms with E-state index in [1.165, 1.54) is 0 Å². The highest BCUT2D eigenvalue weighted by Crippen LogP contribution is 2.47. The van der Waals surface area contributed by atoms with Crippen LogP contribution in [0.2, 0.25) is 0 Å². The second-order valence-corrected chi connectivity index (χ2v) is 7.83. The molecule has 2 aliphatic heterocycles. The summed E-state index contributed by atoms with van der Waals surface area (Å²) in [4.78, 5) is 23.3. The zero-order valence-corrected chi connectivity index (χ0v) is 15.6. The number of amides is 2. The third-order valence-electron chi connectivity index (χ3n) is 5.85. The molecule has 8 nitrogen and oxygen atoms in total. The molecule has 2 fully saturated rings. The maximum absolute atomic E-state index is 12.3. The van der Waals surface area contributed by atoms with Crippen LogP contribution in [0.25, 0.3) is 0 Å². The summed E-state index contributed by atoms with van der Waals surface area (Å²) in [5, 5.41) is 24.6. The molecule has 2 heterocycles. The lowest BCUT2D eigenvalue weighted by atomic mass is 9.84. The van der Waals surface area contributed by atoms with E-state index in [1.54, 1.807) is 12.1 Å². The minimum Gasteiger partial charge on any atom is -0.487 e. The quantitative estimate of drug-likeness (QED) is 0.612. The van der Waals surface area contributed by atoms with Crippen molar-refractivity contribution in [2.24, 2.45) is 0 Å². The lowest BCUT2D eigenvalue weighted by Crippen LogP contribution is -2.46. The molecule has 1 aromatic rings. The first-order valence-corrected chi connectivity index (χ1v) is 9.89.